The molecule has 0 bridgehead atoms. The predicted molar refractivity (Wildman–Crippen MR) is 108 cm³/mol. The second-order valence-corrected chi connectivity index (χ2v) is 7.25. The second-order valence-electron chi connectivity index (χ2n) is 7.25. The van der Waals surface area contributed by atoms with Crippen LogP contribution in [0.4, 0.5) is 8.78 Å². The number of carbonyl (C=O) groups excluding carboxylic acids is 2. The molecule has 0 aliphatic rings. The summed E-state index contributed by atoms with van der Waals surface area (Å²) < 4.78 is 33.5. The van der Waals surface area contributed by atoms with E-state index in [-0.39, 0.29) is 17.7 Å². The van der Waals surface area contributed by atoms with E-state index in [9.17, 15) is 23.5 Å². The standard InChI is InChI=1S/C21H22F2N4O4/c1-12-17(19(29)25-21(2,11-28)20(24)30)16-9-14(7-8-27(16)26-12)31-10-13-5-3-4-6-15(13)18(22)23/h3-9,18,28H,10-11H2,1-2H3,(H2,24,30)(H,25,29). The summed E-state index contributed by atoms with van der Waals surface area (Å²) in [5.74, 6) is -1.20. The quantitative estimate of drug-likeness (QED) is 0.504. The van der Waals surface area contributed by atoms with Crippen molar-refractivity contribution in [1.82, 2.24) is 14.9 Å². The maximum atomic E-state index is 13.2. The highest BCUT2D eigenvalue weighted by Crippen LogP contribution is 2.25. The number of aliphatic hydroxyl groups is 1. The Kier molecular flexibility index (Phi) is 6.21. The van der Waals surface area contributed by atoms with Crippen LogP contribution in [0.5, 0.6) is 5.75 Å². The molecule has 31 heavy (non-hydrogen) atoms. The smallest absolute Gasteiger partial charge is 0.264 e. The van der Waals surface area contributed by atoms with E-state index < -0.39 is 30.4 Å². The van der Waals surface area contributed by atoms with E-state index in [1.165, 1.54) is 23.6 Å². The zero-order chi connectivity index (χ0) is 22.8. The number of nitrogens with zero attached hydrogens (tertiary/aromatic N) is 2. The zero-order valence-electron chi connectivity index (χ0n) is 16.9. The Labute approximate surface area is 176 Å². The number of hydrogen-bond acceptors (Lipinski definition) is 5. The van der Waals surface area contributed by atoms with Gasteiger partial charge in [-0.2, -0.15) is 5.10 Å². The number of ether oxygens (including phenoxy) is 1. The SMILES string of the molecule is Cc1nn2ccc(OCc3ccccc3C(F)F)cc2c1C(=O)NC(C)(CO)C(N)=O. The lowest BCUT2D eigenvalue weighted by Crippen LogP contribution is -2.57. The van der Waals surface area contributed by atoms with E-state index in [0.717, 1.165) is 0 Å². The van der Waals surface area contributed by atoms with Crippen LogP contribution >= 0.6 is 0 Å². The highest BCUT2D eigenvalue weighted by Gasteiger charge is 2.34. The van der Waals surface area contributed by atoms with E-state index in [0.29, 0.717) is 22.5 Å². The number of nitrogens with one attached hydrogen (secondary N) is 1. The number of rotatable bonds is 8. The number of pyridine rings is 1. The number of benzene rings is 1. The van der Waals surface area contributed by atoms with Gasteiger partial charge in [0.1, 0.15) is 17.9 Å². The van der Waals surface area contributed by atoms with Crippen molar-refractivity contribution in [2.75, 3.05) is 6.61 Å². The molecule has 1 atom stereocenters. The number of hydrogen-bond donors (Lipinski definition) is 3. The minimum absolute atomic E-state index is 0.0877. The third-order valence-electron chi connectivity index (χ3n) is 4.94. The Morgan fingerprint density at radius 1 is 1.32 bits per heavy atom. The summed E-state index contributed by atoms with van der Waals surface area (Å²) in [5.41, 5.74) is 4.78. The Bertz CT molecular complexity index is 1130. The highest BCUT2D eigenvalue weighted by atomic mass is 19.3. The van der Waals surface area contributed by atoms with Gasteiger partial charge in [-0.1, -0.05) is 24.3 Å². The van der Waals surface area contributed by atoms with Crippen molar-refractivity contribution in [3.05, 3.63) is 65.0 Å². The zero-order valence-corrected chi connectivity index (χ0v) is 16.9. The molecule has 0 fully saturated rings. The van der Waals surface area contributed by atoms with Crippen molar-refractivity contribution >= 4 is 17.3 Å². The molecule has 0 spiro atoms. The van der Waals surface area contributed by atoms with Crippen LogP contribution in [0.3, 0.4) is 0 Å². The maximum absolute atomic E-state index is 13.2. The van der Waals surface area contributed by atoms with E-state index >= 15 is 0 Å². The average molecular weight is 432 g/mol. The van der Waals surface area contributed by atoms with Crippen molar-refractivity contribution in [2.45, 2.75) is 32.4 Å². The molecule has 1 unspecified atom stereocenters. The van der Waals surface area contributed by atoms with Gasteiger partial charge < -0.3 is 20.9 Å². The molecule has 3 aromatic rings. The van der Waals surface area contributed by atoms with Crippen LogP contribution < -0.4 is 15.8 Å². The van der Waals surface area contributed by atoms with Crippen molar-refractivity contribution < 1.29 is 28.2 Å². The molecule has 3 rings (SSSR count). The topological polar surface area (TPSA) is 119 Å². The van der Waals surface area contributed by atoms with Crippen LogP contribution in [0.1, 0.15) is 40.5 Å². The minimum Gasteiger partial charge on any atom is -0.489 e. The fraction of sp³-hybridized carbons (Fsp3) is 0.286. The molecule has 0 aliphatic heterocycles. The monoisotopic (exact) mass is 432 g/mol. The number of aryl methyl sites for hydroxylation is 1. The van der Waals surface area contributed by atoms with Crippen LogP contribution in [0.25, 0.3) is 5.52 Å². The van der Waals surface area contributed by atoms with Crippen LogP contribution in [0, 0.1) is 6.92 Å². The Morgan fingerprint density at radius 3 is 2.68 bits per heavy atom. The van der Waals surface area contributed by atoms with Gasteiger partial charge in [0.05, 0.1) is 23.4 Å². The van der Waals surface area contributed by atoms with E-state index in [4.69, 9.17) is 10.5 Å². The van der Waals surface area contributed by atoms with E-state index in [1.54, 1.807) is 37.4 Å². The summed E-state index contributed by atoms with van der Waals surface area (Å²) >= 11 is 0. The lowest BCUT2D eigenvalue weighted by Gasteiger charge is -2.24. The summed E-state index contributed by atoms with van der Waals surface area (Å²) in [7, 11) is 0. The molecule has 2 amide bonds. The lowest BCUT2D eigenvalue weighted by molar-refractivity contribution is -0.124. The second kappa shape index (κ2) is 8.68. The van der Waals surface area contributed by atoms with E-state index in [2.05, 4.69) is 10.4 Å². The third-order valence-corrected chi connectivity index (χ3v) is 4.94. The van der Waals surface area contributed by atoms with Gasteiger partial charge in [-0.05, 0) is 25.5 Å². The van der Waals surface area contributed by atoms with Crippen LogP contribution in [-0.4, -0.2) is 38.7 Å². The molecule has 8 nitrogen and oxygen atoms in total. The van der Waals surface area contributed by atoms with Gasteiger partial charge in [0, 0.05) is 17.8 Å². The van der Waals surface area contributed by atoms with Gasteiger partial charge in [0.15, 0.2) is 0 Å². The van der Waals surface area contributed by atoms with Crippen molar-refractivity contribution in [1.29, 1.82) is 0 Å². The fourth-order valence-corrected chi connectivity index (χ4v) is 3.05. The van der Waals surface area contributed by atoms with Gasteiger partial charge in [-0.25, -0.2) is 13.3 Å². The van der Waals surface area contributed by atoms with Gasteiger partial charge in [0.25, 0.3) is 12.3 Å². The molecule has 0 saturated carbocycles. The first-order valence-corrected chi connectivity index (χ1v) is 9.37. The predicted octanol–water partition coefficient (Wildman–Crippen LogP) is 2.13. The summed E-state index contributed by atoms with van der Waals surface area (Å²) in [4.78, 5) is 24.4. The molecule has 0 aliphatic carbocycles. The molecular formula is C21H22F2N4O4. The number of fused-ring (bicyclic) bond motifs is 1. The Morgan fingerprint density at radius 2 is 2.03 bits per heavy atom. The summed E-state index contributed by atoms with van der Waals surface area (Å²) in [6, 6.07) is 9.21. The highest BCUT2D eigenvalue weighted by molar-refractivity contribution is 6.04. The molecular weight excluding hydrogens is 410 g/mol. The van der Waals surface area contributed by atoms with Crippen molar-refractivity contribution in [2.24, 2.45) is 5.73 Å². The molecule has 2 heterocycles. The van der Waals surface area contributed by atoms with Gasteiger partial charge in [0.2, 0.25) is 5.91 Å². The van der Waals surface area contributed by atoms with Crippen molar-refractivity contribution in [3.8, 4) is 5.75 Å². The number of carbonyl (C=O) groups is 2. The maximum Gasteiger partial charge on any atom is 0.264 e. The summed E-state index contributed by atoms with van der Waals surface area (Å²) in [6.45, 7) is 2.16. The summed E-state index contributed by atoms with van der Waals surface area (Å²) in [6.07, 6.45) is -1.06. The Balaban J connectivity index is 1.89. The van der Waals surface area contributed by atoms with Gasteiger partial charge >= 0.3 is 0 Å². The third kappa shape index (κ3) is 4.48. The van der Waals surface area contributed by atoms with Crippen LogP contribution in [0.15, 0.2) is 42.6 Å². The fourth-order valence-electron chi connectivity index (χ4n) is 3.05. The number of aromatic nitrogens is 2. The van der Waals surface area contributed by atoms with Crippen LogP contribution in [0.2, 0.25) is 0 Å². The molecule has 164 valence electrons. The molecule has 2 aromatic heterocycles. The number of nitrogens with two attached hydrogens (primary N) is 1. The first kappa shape index (κ1) is 22.2. The molecule has 10 heteroatoms. The molecule has 0 radical (unpaired) electrons. The molecule has 4 N–H and O–H groups in total. The Hall–Kier alpha value is -3.53. The normalized spacial score (nSPS) is 13.2. The average Bonchev–Trinajstić information content (AvgIpc) is 3.07. The number of aliphatic hydroxyl groups excluding tert-OH is 1. The largest absolute Gasteiger partial charge is 0.489 e. The minimum atomic E-state index is -2.62. The van der Waals surface area contributed by atoms with Crippen molar-refractivity contribution in [3.63, 3.8) is 0 Å². The summed E-state index contributed by atoms with van der Waals surface area (Å²) in [5, 5.41) is 16.1. The first-order chi connectivity index (χ1) is 14.7. The number of halogens is 2. The van der Waals surface area contributed by atoms with Gasteiger partial charge in [-0.3, -0.25) is 9.59 Å². The number of alkyl halides is 2. The number of amides is 2. The van der Waals surface area contributed by atoms with Gasteiger partial charge in [-0.15, -0.1) is 0 Å². The lowest BCUT2D eigenvalue weighted by atomic mass is 10.0. The van der Waals surface area contributed by atoms with E-state index in [1.807, 2.05) is 0 Å². The molecule has 1 aromatic carbocycles. The molecule has 0 saturated heterocycles. The first-order valence-electron chi connectivity index (χ1n) is 9.37. The number of primary amides is 1. The van der Waals surface area contributed by atoms with Crippen LogP contribution in [-0.2, 0) is 11.4 Å².